The number of hydrogen-bond donors (Lipinski definition) is 2. The number of nitrogens with zero attached hydrogens (tertiary/aromatic N) is 3. The molecule has 1 atom stereocenters. The quantitative estimate of drug-likeness (QED) is 0.374. The molecular weight excluding hydrogens is 467 g/mol. The smallest absolute Gasteiger partial charge is 0.330 e. The van der Waals surface area contributed by atoms with Gasteiger partial charge in [0.1, 0.15) is 5.82 Å². The second-order valence-electron chi connectivity index (χ2n) is 8.30. The zero-order chi connectivity index (χ0) is 26.1. The largest absolute Gasteiger partial charge is 0.416 e. The SMILES string of the molecule is CC(CN)c1ccc(C(F)(F)F)cc1.Cn1cc(-c2ccc(NC(=O)Cc3ccccc3)nc2)cn1. The van der Waals surface area contributed by atoms with E-state index in [0.29, 0.717) is 18.8 Å². The fraction of sp³-hybridized carbons (Fsp3) is 0.222. The van der Waals surface area contributed by atoms with Crippen molar-refractivity contribution in [1.82, 2.24) is 14.8 Å². The minimum absolute atomic E-state index is 0.0761. The average molecular weight is 496 g/mol. The highest BCUT2D eigenvalue weighted by molar-refractivity contribution is 5.91. The van der Waals surface area contributed by atoms with Crippen molar-refractivity contribution < 1.29 is 18.0 Å². The number of aromatic nitrogens is 3. The van der Waals surface area contributed by atoms with Gasteiger partial charge in [0.2, 0.25) is 5.91 Å². The summed E-state index contributed by atoms with van der Waals surface area (Å²) in [6, 6.07) is 18.5. The van der Waals surface area contributed by atoms with Crippen LogP contribution in [-0.2, 0) is 24.4 Å². The summed E-state index contributed by atoms with van der Waals surface area (Å²) >= 11 is 0. The molecule has 2 aromatic carbocycles. The third-order valence-electron chi connectivity index (χ3n) is 5.44. The second-order valence-corrected chi connectivity index (χ2v) is 8.30. The molecule has 0 radical (unpaired) electrons. The van der Waals surface area contributed by atoms with Gasteiger partial charge in [-0.3, -0.25) is 9.48 Å². The number of amides is 1. The van der Waals surface area contributed by atoms with Gasteiger partial charge in [0, 0.05) is 30.6 Å². The maximum Gasteiger partial charge on any atom is 0.416 e. The molecule has 0 bridgehead atoms. The van der Waals surface area contributed by atoms with Crippen LogP contribution in [0.25, 0.3) is 11.1 Å². The molecule has 4 rings (SSSR count). The first kappa shape index (κ1) is 26.6. The van der Waals surface area contributed by atoms with Gasteiger partial charge >= 0.3 is 6.18 Å². The van der Waals surface area contributed by atoms with Gasteiger partial charge in [0.15, 0.2) is 0 Å². The number of anilines is 1. The van der Waals surface area contributed by atoms with Crippen LogP contribution in [0.5, 0.6) is 0 Å². The number of halogens is 3. The van der Waals surface area contributed by atoms with E-state index in [0.717, 1.165) is 34.4 Å². The molecule has 0 aliphatic carbocycles. The fourth-order valence-corrected chi connectivity index (χ4v) is 3.31. The number of benzene rings is 2. The van der Waals surface area contributed by atoms with Gasteiger partial charge in [-0.05, 0) is 47.9 Å². The predicted molar refractivity (Wildman–Crippen MR) is 134 cm³/mol. The highest BCUT2D eigenvalue weighted by Crippen LogP contribution is 2.30. The van der Waals surface area contributed by atoms with E-state index in [2.05, 4.69) is 15.4 Å². The van der Waals surface area contributed by atoms with Crippen molar-refractivity contribution in [3.8, 4) is 11.1 Å². The number of hydrogen-bond acceptors (Lipinski definition) is 4. The molecule has 1 unspecified atom stereocenters. The molecule has 0 spiro atoms. The first-order chi connectivity index (χ1) is 17.2. The van der Waals surface area contributed by atoms with Gasteiger partial charge in [-0.2, -0.15) is 18.3 Å². The predicted octanol–water partition coefficient (Wildman–Crippen LogP) is 5.43. The molecule has 188 valence electrons. The summed E-state index contributed by atoms with van der Waals surface area (Å²) in [6.45, 7) is 2.31. The highest BCUT2D eigenvalue weighted by atomic mass is 19.4. The number of nitrogens with one attached hydrogen (secondary N) is 1. The minimum atomic E-state index is -4.26. The van der Waals surface area contributed by atoms with Crippen molar-refractivity contribution in [2.75, 3.05) is 11.9 Å². The van der Waals surface area contributed by atoms with Crippen LogP contribution in [0.3, 0.4) is 0 Å². The molecule has 6 nitrogen and oxygen atoms in total. The van der Waals surface area contributed by atoms with E-state index >= 15 is 0 Å². The Labute approximate surface area is 208 Å². The zero-order valence-corrected chi connectivity index (χ0v) is 20.0. The summed E-state index contributed by atoms with van der Waals surface area (Å²) in [5.41, 5.74) is 8.56. The van der Waals surface area contributed by atoms with Gasteiger partial charge in [0.25, 0.3) is 0 Å². The fourth-order valence-electron chi connectivity index (χ4n) is 3.31. The molecule has 2 aromatic heterocycles. The van der Waals surface area contributed by atoms with Gasteiger partial charge in [-0.25, -0.2) is 4.98 Å². The van der Waals surface area contributed by atoms with Gasteiger partial charge < -0.3 is 11.1 Å². The van der Waals surface area contributed by atoms with Crippen LogP contribution in [0.15, 0.2) is 85.3 Å². The van der Waals surface area contributed by atoms with E-state index in [9.17, 15) is 18.0 Å². The number of rotatable bonds is 6. The third-order valence-corrected chi connectivity index (χ3v) is 5.44. The molecular formula is C27H28F3N5O. The molecule has 4 aromatic rings. The maximum absolute atomic E-state index is 12.2. The third kappa shape index (κ3) is 7.78. The number of pyridine rings is 1. The summed E-state index contributed by atoms with van der Waals surface area (Å²) in [5.74, 6) is 0.568. The van der Waals surface area contributed by atoms with Crippen LogP contribution >= 0.6 is 0 Å². The van der Waals surface area contributed by atoms with Crippen molar-refractivity contribution in [2.45, 2.75) is 25.4 Å². The zero-order valence-electron chi connectivity index (χ0n) is 20.0. The monoisotopic (exact) mass is 495 g/mol. The Morgan fingerprint density at radius 1 is 1.00 bits per heavy atom. The topological polar surface area (TPSA) is 85.8 Å². The molecule has 3 N–H and O–H groups in total. The minimum Gasteiger partial charge on any atom is -0.330 e. The first-order valence-electron chi connectivity index (χ1n) is 11.3. The molecule has 9 heteroatoms. The Bertz CT molecular complexity index is 1240. The van der Waals surface area contributed by atoms with Gasteiger partial charge in [-0.1, -0.05) is 49.4 Å². The standard InChI is InChI=1S/C17H16N4O.C10H12F3N/c1-21-12-15(11-19-21)14-7-8-16(18-10-14)20-17(22)9-13-5-3-2-4-6-13;1-7(6-14)8-2-4-9(5-3-8)10(11,12)13/h2-8,10-12H,9H2,1H3,(H,18,20,22);2-5,7H,6,14H2,1H3. The Morgan fingerprint density at radius 3 is 2.22 bits per heavy atom. The van der Waals surface area contributed by atoms with E-state index < -0.39 is 11.7 Å². The van der Waals surface area contributed by atoms with Crippen LogP contribution < -0.4 is 11.1 Å². The summed E-state index contributed by atoms with van der Waals surface area (Å²) in [6.07, 6.45) is 1.52. The lowest BCUT2D eigenvalue weighted by Crippen LogP contribution is -2.15. The van der Waals surface area contributed by atoms with Crippen LogP contribution in [0.4, 0.5) is 19.0 Å². The van der Waals surface area contributed by atoms with E-state index in [1.54, 1.807) is 23.1 Å². The molecule has 1 amide bonds. The van der Waals surface area contributed by atoms with E-state index in [4.69, 9.17) is 5.73 Å². The summed E-state index contributed by atoms with van der Waals surface area (Å²) in [5, 5.41) is 6.93. The first-order valence-corrected chi connectivity index (χ1v) is 11.3. The molecule has 0 saturated heterocycles. The Kier molecular flexibility index (Phi) is 8.97. The normalized spacial score (nSPS) is 11.8. The molecule has 2 heterocycles. The Balaban J connectivity index is 0.000000223. The number of carbonyl (C=O) groups excluding carboxylic acids is 1. The van der Waals surface area contributed by atoms with Crippen molar-refractivity contribution in [3.05, 3.63) is 102 Å². The maximum atomic E-state index is 12.2. The van der Waals surface area contributed by atoms with Crippen molar-refractivity contribution in [1.29, 1.82) is 0 Å². The molecule has 0 aliphatic heterocycles. The lowest BCUT2D eigenvalue weighted by molar-refractivity contribution is -0.137. The Morgan fingerprint density at radius 2 is 1.69 bits per heavy atom. The van der Waals surface area contributed by atoms with Crippen molar-refractivity contribution in [3.63, 3.8) is 0 Å². The van der Waals surface area contributed by atoms with E-state index in [-0.39, 0.29) is 11.8 Å². The number of alkyl halides is 3. The highest BCUT2D eigenvalue weighted by Gasteiger charge is 2.30. The van der Waals surface area contributed by atoms with E-state index in [1.165, 1.54) is 12.1 Å². The van der Waals surface area contributed by atoms with Crippen LogP contribution in [-0.4, -0.2) is 27.2 Å². The average Bonchev–Trinajstić information content (AvgIpc) is 3.30. The van der Waals surface area contributed by atoms with Gasteiger partial charge in [0.05, 0.1) is 18.2 Å². The van der Waals surface area contributed by atoms with Gasteiger partial charge in [-0.15, -0.1) is 0 Å². The van der Waals surface area contributed by atoms with Crippen LogP contribution in [0.1, 0.15) is 29.5 Å². The Hall–Kier alpha value is -3.98. The number of aryl methyl sites for hydroxylation is 1. The number of carbonyl (C=O) groups is 1. The lowest BCUT2D eigenvalue weighted by Gasteiger charge is -2.11. The molecule has 36 heavy (non-hydrogen) atoms. The van der Waals surface area contributed by atoms with E-state index in [1.807, 2.05) is 56.6 Å². The molecule has 0 aliphatic rings. The van der Waals surface area contributed by atoms with Crippen molar-refractivity contribution in [2.24, 2.45) is 12.8 Å². The molecule has 0 fully saturated rings. The summed E-state index contributed by atoms with van der Waals surface area (Å²) in [7, 11) is 1.87. The second kappa shape index (κ2) is 12.1. The summed E-state index contributed by atoms with van der Waals surface area (Å²) in [4.78, 5) is 16.3. The van der Waals surface area contributed by atoms with Crippen molar-refractivity contribution >= 4 is 11.7 Å². The van der Waals surface area contributed by atoms with Crippen LogP contribution in [0.2, 0.25) is 0 Å². The lowest BCUT2D eigenvalue weighted by atomic mass is 10.00. The van der Waals surface area contributed by atoms with Crippen LogP contribution in [0, 0.1) is 0 Å². The summed E-state index contributed by atoms with van der Waals surface area (Å²) < 4.78 is 38.3. The molecule has 0 saturated carbocycles. The number of nitrogens with two attached hydrogens (primary N) is 1.